The zero-order valence-electron chi connectivity index (χ0n) is 20.3. The van der Waals surface area contributed by atoms with Gasteiger partial charge >= 0.3 is 0 Å². The van der Waals surface area contributed by atoms with E-state index in [2.05, 4.69) is 91.5 Å². The maximum atomic E-state index is 5.89. The molecule has 1 aliphatic rings. The van der Waals surface area contributed by atoms with E-state index in [-0.39, 0.29) is 6.10 Å². The lowest BCUT2D eigenvalue weighted by molar-refractivity contribution is 0.0329. The molecule has 0 bridgehead atoms. The molecule has 0 saturated carbocycles. The Hall–Kier alpha value is -3.62. The van der Waals surface area contributed by atoms with Gasteiger partial charge in [0.05, 0.1) is 19.3 Å². The zero-order chi connectivity index (χ0) is 24.0. The Morgan fingerprint density at radius 2 is 1.11 bits per heavy atom. The zero-order valence-corrected chi connectivity index (χ0v) is 20.3. The van der Waals surface area contributed by atoms with Crippen molar-refractivity contribution in [1.82, 2.24) is 0 Å². The van der Waals surface area contributed by atoms with Crippen molar-refractivity contribution in [2.75, 3.05) is 13.2 Å². The molecule has 0 amide bonds. The smallest absolute Gasteiger partial charge is 0.119 e. The van der Waals surface area contributed by atoms with Gasteiger partial charge in [-0.25, -0.2) is 0 Å². The number of ether oxygens (including phenoxy) is 2. The second-order valence-electron chi connectivity index (χ2n) is 9.12. The molecule has 35 heavy (non-hydrogen) atoms. The molecule has 1 aliphatic heterocycles. The van der Waals surface area contributed by atoms with Crippen LogP contribution in [0.5, 0.6) is 5.75 Å². The van der Waals surface area contributed by atoms with Crippen LogP contribution in [-0.4, -0.2) is 19.3 Å². The maximum absolute atomic E-state index is 5.89. The first-order chi connectivity index (χ1) is 17.2. The standard InChI is InChI=1S/C33H32O2/c1-3-32-20-19-31(23-35-32)30-15-13-27(14-16-30)26-7-5-24(6-8-26)25-9-11-28(12-10-25)29-17-21-33(22-18-29)34-4-2/h3,5-18,21-22,31-32H,1,4,19-20,23H2,2H3. The van der Waals surface area contributed by atoms with Crippen LogP contribution in [0.3, 0.4) is 0 Å². The van der Waals surface area contributed by atoms with Crippen LogP contribution in [0.15, 0.2) is 110 Å². The van der Waals surface area contributed by atoms with Crippen LogP contribution in [-0.2, 0) is 4.74 Å². The van der Waals surface area contributed by atoms with Gasteiger partial charge in [0.2, 0.25) is 0 Å². The lowest BCUT2D eigenvalue weighted by Gasteiger charge is -2.27. The fourth-order valence-electron chi connectivity index (χ4n) is 4.79. The van der Waals surface area contributed by atoms with Crippen molar-refractivity contribution in [2.24, 2.45) is 0 Å². The fraction of sp³-hybridized carbons (Fsp3) is 0.212. The van der Waals surface area contributed by atoms with Crippen molar-refractivity contribution in [3.8, 4) is 39.1 Å². The normalized spacial score (nSPS) is 17.6. The maximum Gasteiger partial charge on any atom is 0.119 e. The summed E-state index contributed by atoms with van der Waals surface area (Å²) in [5.74, 6) is 1.39. The second kappa shape index (κ2) is 10.8. The number of benzene rings is 4. The number of hydrogen-bond donors (Lipinski definition) is 0. The lowest BCUT2D eigenvalue weighted by Crippen LogP contribution is -2.22. The van der Waals surface area contributed by atoms with Gasteiger partial charge in [0.25, 0.3) is 0 Å². The molecule has 2 unspecified atom stereocenters. The molecule has 0 radical (unpaired) electrons. The lowest BCUT2D eigenvalue weighted by atomic mass is 9.90. The molecule has 2 nitrogen and oxygen atoms in total. The van der Waals surface area contributed by atoms with Gasteiger partial charge in [0.15, 0.2) is 0 Å². The highest BCUT2D eigenvalue weighted by Gasteiger charge is 2.21. The van der Waals surface area contributed by atoms with Gasteiger partial charge in [0, 0.05) is 5.92 Å². The molecule has 4 aromatic carbocycles. The Balaban J connectivity index is 1.25. The molecule has 1 fully saturated rings. The van der Waals surface area contributed by atoms with E-state index >= 15 is 0 Å². The van der Waals surface area contributed by atoms with Crippen LogP contribution in [0.4, 0.5) is 0 Å². The molecule has 5 rings (SSSR count). The van der Waals surface area contributed by atoms with Crippen molar-refractivity contribution in [2.45, 2.75) is 31.8 Å². The first kappa shape index (κ1) is 23.1. The third kappa shape index (κ3) is 5.39. The summed E-state index contributed by atoms with van der Waals surface area (Å²) in [7, 11) is 0. The van der Waals surface area contributed by atoms with Gasteiger partial charge in [-0.1, -0.05) is 91.0 Å². The summed E-state index contributed by atoms with van der Waals surface area (Å²) in [6.07, 6.45) is 4.34. The Kier molecular flexibility index (Phi) is 7.11. The minimum Gasteiger partial charge on any atom is -0.494 e. The van der Waals surface area contributed by atoms with E-state index in [4.69, 9.17) is 9.47 Å². The molecule has 176 valence electrons. The van der Waals surface area contributed by atoms with E-state index in [1.807, 2.05) is 25.1 Å². The van der Waals surface area contributed by atoms with Crippen molar-refractivity contribution in [1.29, 1.82) is 0 Å². The van der Waals surface area contributed by atoms with Crippen LogP contribution >= 0.6 is 0 Å². The van der Waals surface area contributed by atoms with Crippen LogP contribution < -0.4 is 4.74 Å². The average molecular weight is 461 g/mol. The Bertz CT molecular complexity index is 1230. The quantitative estimate of drug-likeness (QED) is 0.257. The van der Waals surface area contributed by atoms with Crippen LogP contribution in [0.2, 0.25) is 0 Å². The first-order valence-electron chi connectivity index (χ1n) is 12.5. The monoisotopic (exact) mass is 460 g/mol. The highest BCUT2D eigenvalue weighted by Crippen LogP contribution is 2.31. The summed E-state index contributed by atoms with van der Waals surface area (Å²) < 4.78 is 11.4. The summed E-state index contributed by atoms with van der Waals surface area (Å²) in [6.45, 7) is 7.31. The summed E-state index contributed by atoms with van der Waals surface area (Å²) in [6, 6.07) is 34.8. The summed E-state index contributed by atoms with van der Waals surface area (Å²) in [5, 5.41) is 0. The van der Waals surface area contributed by atoms with Gasteiger partial charge < -0.3 is 9.47 Å². The largest absolute Gasteiger partial charge is 0.494 e. The Morgan fingerprint density at radius 3 is 1.49 bits per heavy atom. The van der Waals surface area contributed by atoms with Crippen LogP contribution in [0.25, 0.3) is 33.4 Å². The van der Waals surface area contributed by atoms with Gasteiger partial charge in [-0.05, 0) is 70.8 Å². The second-order valence-corrected chi connectivity index (χ2v) is 9.12. The van der Waals surface area contributed by atoms with Crippen molar-refractivity contribution < 1.29 is 9.47 Å². The van der Waals surface area contributed by atoms with Crippen molar-refractivity contribution in [3.63, 3.8) is 0 Å². The van der Waals surface area contributed by atoms with Gasteiger partial charge in [-0.3, -0.25) is 0 Å². The SMILES string of the molecule is C=CC1CCC(c2ccc(-c3ccc(-c4ccc(-c5ccc(OCC)cc5)cc4)cc3)cc2)CO1. The molecular weight excluding hydrogens is 428 g/mol. The molecule has 4 aromatic rings. The molecule has 0 N–H and O–H groups in total. The number of hydrogen-bond acceptors (Lipinski definition) is 2. The molecule has 1 heterocycles. The fourth-order valence-corrected chi connectivity index (χ4v) is 4.79. The van der Waals surface area contributed by atoms with E-state index in [1.54, 1.807) is 0 Å². The van der Waals surface area contributed by atoms with Gasteiger partial charge in [-0.2, -0.15) is 0 Å². The Labute approximate surface area is 208 Å². The van der Waals surface area contributed by atoms with E-state index in [0.717, 1.165) is 25.2 Å². The molecule has 0 aliphatic carbocycles. The van der Waals surface area contributed by atoms with Gasteiger partial charge in [0.1, 0.15) is 5.75 Å². The minimum atomic E-state index is 0.215. The molecule has 1 saturated heterocycles. The molecular formula is C33H32O2. The van der Waals surface area contributed by atoms with Crippen LogP contribution in [0, 0.1) is 0 Å². The Morgan fingerprint density at radius 1 is 0.686 bits per heavy atom. The first-order valence-corrected chi connectivity index (χ1v) is 12.5. The molecule has 0 spiro atoms. The average Bonchev–Trinajstić information content (AvgIpc) is 2.94. The minimum absolute atomic E-state index is 0.215. The summed E-state index contributed by atoms with van der Waals surface area (Å²) in [5.41, 5.74) is 8.68. The molecule has 2 atom stereocenters. The summed E-state index contributed by atoms with van der Waals surface area (Å²) in [4.78, 5) is 0. The topological polar surface area (TPSA) is 18.5 Å². The molecule has 2 heteroatoms. The summed E-state index contributed by atoms with van der Waals surface area (Å²) >= 11 is 0. The third-order valence-electron chi connectivity index (χ3n) is 6.89. The van der Waals surface area contributed by atoms with E-state index < -0.39 is 0 Å². The van der Waals surface area contributed by atoms with Crippen LogP contribution in [0.1, 0.15) is 31.2 Å². The van der Waals surface area contributed by atoms with E-state index in [1.165, 1.54) is 38.9 Å². The third-order valence-corrected chi connectivity index (χ3v) is 6.89. The van der Waals surface area contributed by atoms with E-state index in [0.29, 0.717) is 12.5 Å². The highest BCUT2D eigenvalue weighted by molar-refractivity contribution is 5.73. The molecule has 0 aromatic heterocycles. The van der Waals surface area contributed by atoms with E-state index in [9.17, 15) is 0 Å². The van der Waals surface area contributed by atoms with Crippen molar-refractivity contribution in [3.05, 3.63) is 115 Å². The van der Waals surface area contributed by atoms with Gasteiger partial charge in [-0.15, -0.1) is 6.58 Å². The predicted molar refractivity (Wildman–Crippen MR) is 146 cm³/mol. The predicted octanol–water partition coefficient (Wildman–Crippen LogP) is 8.53. The van der Waals surface area contributed by atoms with Crippen molar-refractivity contribution >= 4 is 0 Å². The highest BCUT2D eigenvalue weighted by atomic mass is 16.5. The number of rotatable bonds is 7.